The van der Waals surface area contributed by atoms with Gasteiger partial charge in [0.05, 0.1) is 18.1 Å². The van der Waals surface area contributed by atoms with Crippen LogP contribution in [-0.2, 0) is 10.0 Å². The van der Waals surface area contributed by atoms with Gasteiger partial charge < -0.3 is 4.42 Å². The lowest BCUT2D eigenvalue weighted by molar-refractivity contribution is 0.182. The summed E-state index contributed by atoms with van der Waals surface area (Å²) in [4.78, 5) is 2.36. The molecule has 0 bridgehead atoms. The molecule has 0 amide bonds. The van der Waals surface area contributed by atoms with Crippen LogP contribution in [0.1, 0.15) is 57.3 Å². The Morgan fingerprint density at radius 1 is 1.27 bits per heavy atom. The second-order valence-corrected chi connectivity index (χ2v) is 7.93. The van der Waals surface area contributed by atoms with E-state index in [0.29, 0.717) is 13.0 Å². The number of nitrogens with one attached hydrogen (secondary N) is 1. The molecule has 0 aliphatic carbocycles. The van der Waals surface area contributed by atoms with Gasteiger partial charge in [0.1, 0.15) is 5.76 Å². The molecule has 1 saturated heterocycles. The van der Waals surface area contributed by atoms with Crippen molar-refractivity contribution < 1.29 is 12.8 Å². The Morgan fingerprint density at radius 3 is 2.59 bits per heavy atom. The van der Waals surface area contributed by atoms with Crippen LogP contribution in [-0.4, -0.2) is 38.7 Å². The monoisotopic (exact) mass is 328 g/mol. The maximum absolute atomic E-state index is 12.1. The maximum atomic E-state index is 12.1. The van der Waals surface area contributed by atoms with Crippen LogP contribution >= 0.6 is 0 Å². The van der Waals surface area contributed by atoms with E-state index in [9.17, 15) is 8.42 Å². The zero-order valence-electron chi connectivity index (χ0n) is 13.5. The summed E-state index contributed by atoms with van der Waals surface area (Å²) in [6.07, 6.45) is 8.08. The van der Waals surface area contributed by atoms with Crippen LogP contribution < -0.4 is 4.72 Å². The SMILES string of the molecule is CCCCS(=O)(=O)NCC(c1ccco1)N1CCCCCC1. The predicted octanol–water partition coefficient (Wildman–Crippen LogP) is 2.92. The van der Waals surface area contributed by atoms with E-state index in [1.54, 1.807) is 6.26 Å². The lowest BCUT2D eigenvalue weighted by Gasteiger charge is -2.29. The van der Waals surface area contributed by atoms with Crippen molar-refractivity contribution in [2.75, 3.05) is 25.4 Å². The van der Waals surface area contributed by atoms with Gasteiger partial charge in [-0.15, -0.1) is 0 Å². The first-order chi connectivity index (χ1) is 10.6. The van der Waals surface area contributed by atoms with Crippen LogP contribution in [0.2, 0.25) is 0 Å². The van der Waals surface area contributed by atoms with Gasteiger partial charge in [-0.2, -0.15) is 0 Å². The molecule has 1 fully saturated rings. The Bertz CT molecular complexity index is 506. The van der Waals surface area contributed by atoms with Gasteiger partial charge in [0.25, 0.3) is 0 Å². The molecule has 1 atom stereocenters. The van der Waals surface area contributed by atoms with Gasteiger partial charge in [0, 0.05) is 6.54 Å². The molecular formula is C16H28N2O3S. The molecule has 0 spiro atoms. The van der Waals surface area contributed by atoms with Crippen LogP contribution in [0.3, 0.4) is 0 Å². The molecule has 0 saturated carbocycles. The highest BCUT2D eigenvalue weighted by atomic mass is 32.2. The van der Waals surface area contributed by atoms with Gasteiger partial charge in [0.2, 0.25) is 10.0 Å². The minimum absolute atomic E-state index is 0.00972. The first-order valence-corrected chi connectivity index (χ1v) is 10.0. The third-order valence-electron chi connectivity index (χ3n) is 4.22. The molecular weight excluding hydrogens is 300 g/mol. The van der Waals surface area contributed by atoms with Crippen molar-refractivity contribution in [3.05, 3.63) is 24.2 Å². The topological polar surface area (TPSA) is 62.6 Å². The van der Waals surface area contributed by atoms with Gasteiger partial charge in [0.15, 0.2) is 0 Å². The highest BCUT2D eigenvalue weighted by Crippen LogP contribution is 2.24. The molecule has 1 aliphatic rings. The Kier molecular flexibility index (Phi) is 6.92. The summed E-state index contributed by atoms with van der Waals surface area (Å²) in [6, 6.07) is 3.80. The van der Waals surface area contributed by atoms with Crippen LogP contribution in [0, 0.1) is 0 Å². The molecule has 2 rings (SSSR count). The molecule has 1 N–H and O–H groups in total. The van der Waals surface area contributed by atoms with Crippen molar-refractivity contribution >= 4 is 10.0 Å². The summed E-state index contributed by atoms with van der Waals surface area (Å²) in [5.41, 5.74) is 0. The predicted molar refractivity (Wildman–Crippen MR) is 88.2 cm³/mol. The number of furan rings is 1. The summed E-state index contributed by atoms with van der Waals surface area (Å²) in [5, 5.41) is 0. The Morgan fingerprint density at radius 2 is 2.00 bits per heavy atom. The zero-order valence-corrected chi connectivity index (χ0v) is 14.3. The minimum atomic E-state index is -3.20. The van der Waals surface area contributed by atoms with Crippen molar-refractivity contribution in [1.29, 1.82) is 0 Å². The van der Waals surface area contributed by atoms with Crippen LogP contribution in [0.15, 0.2) is 22.8 Å². The van der Waals surface area contributed by atoms with E-state index < -0.39 is 10.0 Å². The van der Waals surface area contributed by atoms with E-state index in [0.717, 1.165) is 25.3 Å². The van der Waals surface area contributed by atoms with Crippen LogP contribution in [0.4, 0.5) is 0 Å². The average Bonchev–Trinajstić information content (AvgIpc) is 2.89. The number of sulfonamides is 1. The first-order valence-electron chi connectivity index (χ1n) is 8.37. The molecule has 1 aromatic heterocycles. The van der Waals surface area contributed by atoms with Gasteiger partial charge in [-0.05, 0) is 44.5 Å². The third-order valence-corrected chi connectivity index (χ3v) is 5.65. The molecule has 1 aromatic rings. The first kappa shape index (κ1) is 17.5. The normalized spacial score (nSPS) is 19.0. The molecule has 6 heteroatoms. The molecule has 22 heavy (non-hydrogen) atoms. The summed E-state index contributed by atoms with van der Waals surface area (Å²) >= 11 is 0. The smallest absolute Gasteiger partial charge is 0.211 e. The number of unbranched alkanes of at least 4 members (excludes halogenated alkanes) is 1. The fraction of sp³-hybridized carbons (Fsp3) is 0.750. The number of nitrogens with zero attached hydrogens (tertiary/aromatic N) is 1. The number of hydrogen-bond donors (Lipinski definition) is 1. The van der Waals surface area contributed by atoms with Crippen LogP contribution in [0.25, 0.3) is 0 Å². The van der Waals surface area contributed by atoms with Crippen molar-refractivity contribution in [2.45, 2.75) is 51.5 Å². The summed E-state index contributed by atoms with van der Waals surface area (Å²) < 4.78 is 32.4. The van der Waals surface area contributed by atoms with Gasteiger partial charge in [-0.1, -0.05) is 26.2 Å². The number of hydrogen-bond acceptors (Lipinski definition) is 4. The number of rotatable bonds is 8. The van der Waals surface area contributed by atoms with E-state index in [-0.39, 0.29) is 11.8 Å². The average molecular weight is 328 g/mol. The van der Waals surface area contributed by atoms with Crippen molar-refractivity contribution in [3.63, 3.8) is 0 Å². The maximum Gasteiger partial charge on any atom is 0.211 e. The molecule has 0 radical (unpaired) electrons. The van der Waals surface area contributed by atoms with E-state index in [1.807, 2.05) is 19.1 Å². The van der Waals surface area contributed by atoms with Gasteiger partial charge in [-0.3, -0.25) is 4.90 Å². The molecule has 126 valence electrons. The van der Waals surface area contributed by atoms with Gasteiger partial charge in [-0.25, -0.2) is 13.1 Å². The lowest BCUT2D eigenvalue weighted by atomic mass is 10.2. The summed E-state index contributed by atoms with van der Waals surface area (Å²) in [6.45, 7) is 4.39. The lowest BCUT2D eigenvalue weighted by Crippen LogP contribution is -2.39. The standard InChI is InChI=1S/C16H28N2O3S/c1-2-3-13-22(19,20)17-14-15(16-9-8-12-21-16)18-10-6-4-5-7-11-18/h8-9,12,15,17H,2-7,10-11,13-14H2,1H3. The summed E-state index contributed by atoms with van der Waals surface area (Å²) in [7, 11) is -3.20. The van der Waals surface area contributed by atoms with Crippen LogP contribution in [0.5, 0.6) is 0 Å². The third kappa shape index (κ3) is 5.41. The largest absolute Gasteiger partial charge is 0.468 e. The fourth-order valence-electron chi connectivity index (χ4n) is 2.91. The molecule has 1 aliphatic heterocycles. The van der Waals surface area contributed by atoms with E-state index >= 15 is 0 Å². The second-order valence-electron chi connectivity index (χ2n) is 6.00. The highest BCUT2D eigenvalue weighted by molar-refractivity contribution is 7.89. The molecule has 1 unspecified atom stereocenters. The summed E-state index contributed by atoms with van der Waals surface area (Å²) in [5.74, 6) is 1.05. The number of likely N-dealkylation sites (tertiary alicyclic amines) is 1. The highest BCUT2D eigenvalue weighted by Gasteiger charge is 2.25. The zero-order chi connectivity index (χ0) is 15.8. The van der Waals surface area contributed by atoms with Crippen molar-refractivity contribution in [1.82, 2.24) is 9.62 Å². The molecule has 0 aromatic carbocycles. The Balaban J connectivity index is 2.02. The van der Waals surface area contributed by atoms with Crippen molar-refractivity contribution in [2.24, 2.45) is 0 Å². The fourth-order valence-corrected chi connectivity index (χ4v) is 4.13. The molecule has 2 heterocycles. The van der Waals surface area contributed by atoms with Crippen molar-refractivity contribution in [3.8, 4) is 0 Å². The quantitative estimate of drug-likeness (QED) is 0.797. The Labute approximate surface area is 134 Å². The molecule has 5 nitrogen and oxygen atoms in total. The minimum Gasteiger partial charge on any atom is -0.468 e. The van der Waals surface area contributed by atoms with E-state index in [4.69, 9.17) is 4.42 Å². The van der Waals surface area contributed by atoms with E-state index in [2.05, 4.69) is 9.62 Å². The second kappa shape index (κ2) is 8.70. The van der Waals surface area contributed by atoms with E-state index in [1.165, 1.54) is 25.7 Å². The Hall–Kier alpha value is -0.850. The van der Waals surface area contributed by atoms with Gasteiger partial charge >= 0.3 is 0 Å².